The van der Waals surface area contributed by atoms with E-state index in [1.807, 2.05) is 0 Å². The number of unbranched alkanes of at least 4 members (excludes halogenated alkanes) is 2. The summed E-state index contributed by atoms with van der Waals surface area (Å²) in [4.78, 5) is 12.3. The number of amides is 1. The van der Waals surface area contributed by atoms with Gasteiger partial charge in [-0.25, -0.2) is 0 Å². The van der Waals surface area contributed by atoms with E-state index in [9.17, 15) is 4.79 Å². The quantitative estimate of drug-likeness (QED) is 0.354. The van der Waals surface area contributed by atoms with Crippen molar-refractivity contribution in [3.8, 4) is 11.5 Å². The van der Waals surface area contributed by atoms with E-state index in [1.54, 1.807) is 25.3 Å². The molecule has 0 bridgehead atoms. The monoisotopic (exact) mass is 367 g/mol. The van der Waals surface area contributed by atoms with Gasteiger partial charge in [0, 0.05) is 6.54 Å². The van der Waals surface area contributed by atoms with Gasteiger partial charge in [-0.3, -0.25) is 15.6 Å². The van der Waals surface area contributed by atoms with Gasteiger partial charge in [0.15, 0.2) is 5.11 Å². The lowest BCUT2D eigenvalue weighted by molar-refractivity contribution is 0.0940. The summed E-state index contributed by atoms with van der Waals surface area (Å²) in [5.74, 6) is 1.22. The average molecular weight is 368 g/mol. The highest BCUT2D eigenvalue weighted by atomic mass is 32.1. The molecule has 0 fully saturated rings. The number of hydrazine groups is 1. The molecule has 1 rings (SSSR count). The lowest BCUT2D eigenvalue weighted by atomic mass is 10.0. The van der Waals surface area contributed by atoms with Gasteiger partial charge in [-0.15, -0.1) is 0 Å². The molecular formula is C18H29N3O3S. The molecule has 0 saturated carbocycles. The van der Waals surface area contributed by atoms with Crippen LogP contribution >= 0.6 is 12.2 Å². The molecule has 1 aromatic carbocycles. The lowest BCUT2D eigenvalue weighted by Gasteiger charge is -2.16. The molecule has 0 aliphatic carbocycles. The fourth-order valence-corrected chi connectivity index (χ4v) is 2.46. The SMILES string of the molecule is CCCCC[C@H](C)CNC(=S)NNC(=O)c1cc(OC)ccc1OC. The number of hydrogen-bond donors (Lipinski definition) is 3. The first-order chi connectivity index (χ1) is 12.0. The second-order valence-corrected chi connectivity index (χ2v) is 6.36. The van der Waals surface area contributed by atoms with E-state index in [4.69, 9.17) is 21.7 Å². The molecule has 25 heavy (non-hydrogen) atoms. The summed E-state index contributed by atoms with van der Waals surface area (Å²) in [6.45, 7) is 5.15. The van der Waals surface area contributed by atoms with E-state index < -0.39 is 0 Å². The zero-order valence-electron chi connectivity index (χ0n) is 15.5. The Kier molecular flexibility index (Phi) is 9.69. The number of carbonyl (C=O) groups excluding carboxylic acids is 1. The predicted octanol–water partition coefficient (Wildman–Crippen LogP) is 3.03. The van der Waals surface area contributed by atoms with Gasteiger partial charge in [-0.05, 0) is 42.8 Å². The van der Waals surface area contributed by atoms with Crippen LogP contribution in [0.5, 0.6) is 11.5 Å². The molecular weight excluding hydrogens is 338 g/mol. The summed E-state index contributed by atoms with van der Waals surface area (Å²) in [5.41, 5.74) is 5.66. The van der Waals surface area contributed by atoms with E-state index in [-0.39, 0.29) is 5.91 Å². The summed E-state index contributed by atoms with van der Waals surface area (Å²) in [6.07, 6.45) is 4.87. The molecule has 0 radical (unpaired) electrons. The topological polar surface area (TPSA) is 71.6 Å². The van der Waals surface area contributed by atoms with Crippen LogP contribution in [-0.2, 0) is 0 Å². The largest absolute Gasteiger partial charge is 0.497 e. The van der Waals surface area contributed by atoms with Gasteiger partial charge in [0.25, 0.3) is 5.91 Å². The van der Waals surface area contributed by atoms with Gasteiger partial charge in [-0.2, -0.15) is 0 Å². The maximum Gasteiger partial charge on any atom is 0.273 e. The number of rotatable bonds is 9. The third-order valence-corrected chi connectivity index (χ3v) is 4.10. The smallest absolute Gasteiger partial charge is 0.273 e. The number of methoxy groups -OCH3 is 2. The van der Waals surface area contributed by atoms with Crippen LogP contribution in [-0.4, -0.2) is 31.8 Å². The van der Waals surface area contributed by atoms with Gasteiger partial charge in [0.1, 0.15) is 11.5 Å². The summed E-state index contributed by atoms with van der Waals surface area (Å²) < 4.78 is 10.3. The third kappa shape index (κ3) is 7.60. The maximum absolute atomic E-state index is 12.3. The minimum absolute atomic E-state index is 0.351. The number of thiocarbonyl (C=S) groups is 1. The van der Waals surface area contributed by atoms with E-state index in [2.05, 4.69) is 30.0 Å². The third-order valence-electron chi connectivity index (χ3n) is 3.85. The van der Waals surface area contributed by atoms with Crippen molar-refractivity contribution in [2.75, 3.05) is 20.8 Å². The standard InChI is InChI=1S/C18H29N3O3S/c1-5-6-7-8-13(2)12-19-18(25)21-20-17(22)15-11-14(23-3)9-10-16(15)24-4/h9-11,13H,5-8,12H2,1-4H3,(H,20,22)(H2,19,21,25)/t13-/m0/s1. The first-order valence-electron chi connectivity index (χ1n) is 8.58. The van der Waals surface area contributed by atoms with Crippen LogP contribution in [0.4, 0.5) is 0 Å². The molecule has 0 unspecified atom stereocenters. The van der Waals surface area contributed by atoms with Crippen LogP contribution in [0, 0.1) is 5.92 Å². The number of hydrogen-bond acceptors (Lipinski definition) is 4. The van der Waals surface area contributed by atoms with Crippen molar-refractivity contribution < 1.29 is 14.3 Å². The molecule has 0 saturated heterocycles. The number of benzene rings is 1. The average Bonchev–Trinajstić information content (AvgIpc) is 2.63. The molecule has 1 amide bonds. The van der Waals surface area contributed by atoms with Crippen molar-refractivity contribution in [2.24, 2.45) is 5.92 Å². The van der Waals surface area contributed by atoms with Gasteiger partial charge >= 0.3 is 0 Å². The highest BCUT2D eigenvalue weighted by Gasteiger charge is 2.14. The van der Waals surface area contributed by atoms with Crippen LogP contribution < -0.4 is 25.6 Å². The Morgan fingerprint density at radius 2 is 1.96 bits per heavy atom. The first kappa shape index (κ1) is 21.0. The van der Waals surface area contributed by atoms with E-state index >= 15 is 0 Å². The highest BCUT2D eigenvalue weighted by Crippen LogP contribution is 2.23. The summed E-state index contributed by atoms with van der Waals surface area (Å²) in [7, 11) is 3.06. The zero-order chi connectivity index (χ0) is 18.7. The second-order valence-electron chi connectivity index (χ2n) is 5.96. The molecule has 140 valence electrons. The van der Waals surface area contributed by atoms with Gasteiger partial charge in [0.2, 0.25) is 0 Å². The second kappa shape index (κ2) is 11.5. The fraction of sp³-hybridized carbons (Fsp3) is 0.556. The predicted molar refractivity (Wildman–Crippen MR) is 104 cm³/mol. The van der Waals surface area contributed by atoms with Crippen molar-refractivity contribution in [1.29, 1.82) is 0 Å². The van der Waals surface area contributed by atoms with Crippen molar-refractivity contribution in [3.63, 3.8) is 0 Å². The van der Waals surface area contributed by atoms with Crippen molar-refractivity contribution in [2.45, 2.75) is 39.5 Å². The Hall–Kier alpha value is -2.02. The van der Waals surface area contributed by atoms with E-state index in [1.165, 1.54) is 26.4 Å². The Morgan fingerprint density at radius 1 is 1.20 bits per heavy atom. The Labute approximate surface area is 155 Å². The van der Waals surface area contributed by atoms with Crippen LogP contribution in [0.2, 0.25) is 0 Å². The number of nitrogens with one attached hydrogen (secondary N) is 3. The van der Waals surface area contributed by atoms with Gasteiger partial charge in [-0.1, -0.05) is 33.1 Å². The van der Waals surface area contributed by atoms with Gasteiger partial charge in [0.05, 0.1) is 19.8 Å². The lowest BCUT2D eigenvalue weighted by Crippen LogP contribution is -2.47. The zero-order valence-corrected chi connectivity index (χ0v) is 16.3. The Morgan fingerprint density at radius 3 is 2.60 bits per heavy atom. The van der Waals surface area contributed by atoms with E-state index in [0.717, 1.165) is 13.0 Å². The molecule has 0 aromatic heterocycles. The summed E-state index contributed by atoms with van der Waals surface area (Å²) >= 11 is 5.19. The maximum atomic E-state index is 12.3. The molecule has 7 heteroatoms. The Balaban J connectivity index is 2.44. The minimum Gasteiger partial charge on any atom is -0.497 e. The molecule has 6 nitrogen and oxygen atoms in total. The molecule has 0 spiro atoms. The van der Waals surface area contributed by atoms with Crippen molar-refractivity contribution in [3.05, 3.63) is 23.8 Å². The van der Waals surface area contributed by atoms with Crippen LogP contribution in [0.3, 0.4) is 0 Å². The fourth-order valence-electron chi connectivity index (χ4n) is 2.33. The van der Waals surface area contributed by atoms with Crippen LogP contribution in [0.1, 0.15) is 49.9 Å². The molecule has 0 heterocycles. The summed E-state index contributed by atoms with van der Waals surface area (Å²) in [6, 6.07) is 5.03. The highest BCUT2D eigenvalue weighted by molar-refractivity contribution is 7.80. The molecule has 3 N–H and O–H groups in total. The molecule has 1 atom stereocenters. The first-order valence-corrected chi connectivity index (χ1v) is 8.98. The Bertz CT molecular complexity index is 566. The van der Waals surface area contributed by atoms with Crippen molar-refractivity contribution in [1.82, 2.24) is 16.2 Å². The molecule has 1 aromatic rings. The minimum atomic E-state index is -0.351. The molecule has 0 aliphatic rings. The van der Waals surface area contributed by atoms with E-state index in [0.29, 0.717) is 28.1 Å². The number of carbonyl (C=O) groups is 1. The van der Waals surface area contributed by atoms with Crippen molar-refractivity contribution >= 4 is 23.2 Å². The van der Waals surface area contributed by atoms with Crippen LogP contribution in [0.25, 0.3) is 0 Å². The van der Waals surface area contributed by atoms with Crippen LogP contribution in [0.15, 0.2) is 18.2 Å². The summed E-state index contributed by atoms with van der Waals surface area (Å²) in [5, 5.41) is 3.50. The molecule has 0 aliphatic heterocycles. The normalized spacial score (nSPS) is 11.4. The van der Waals surface area contributed by atoms with Gasteiger partial charge < -0.3 is 14.8 Å². The number of ether oxygens (including phenoxy) is 2.